The van der Waals surface area contributed by atoms with Gasteiger partial charge in [-0.1, -0.05) is 6.07 Å². The second-order valence-electron chi connectivity index (χ2n) is 7.60. The molecule has 2 rings (SSSR count). The van der Waals surface area contributed by atoms with Gasteiger partial charge in [0.05, 0.1) is 30.5 Å². The maximum atomic E-state index is 12.2. The Morgan fingerprint density at radius 2 is 1.68 bits per heavy atom. The molecule has 0 saturated heterocycles. The number of ether oxygens (including phenoxy) is 2. The number of nitrogens with one attached hydrogen (secondary N) is 1. The van der Waals surface area contributed by atoms with Crippen molar-refractivity contribution < 1.29 is 31.1 Å². The van der Waals surface area contributed by atoms with Crippen LogP contribution in [0.25, 0.3) is 0 Å². The van der Waals surface area contributed by atoms with Crippen LogP contribution in [0.5, 0.6) is 11.5 Å². The molecule has 34 heavy (non-hydrogen) atoms. The van der Waals surface area contributed by atoms with Crippen LogP contribution in [-0.2, 0) is 24.8 Å². The highest BCUT2D eigenvalue weighted by molar-refractivity contribution is 7.92. The summed E-state index contributed by atoms with van der Waals surface area (Å²) in [5.41, 5.74) is 0.472. The van der Waals surface area contributed by atoms with Crippen molar-refractivity contribution in [3.8, 4) is 11.5 Å². The molecule has 1 amide bonds. The summed E-state index contributed by atoms with van der Waals surface area (Å²) in [5.74, 6) is 0.794. The van der Waals surface area contributed by atoms with Crippen LogP contribution in [0.1, 0.15) is 12.8 Å². The highest BCUT2D eigenvalue weighted by Crippen LogP contribution is 2.23. The number of benzene rings is 2. The standard InChI is InChI=1S/C22H31N3O7S2/c1-24(2)34(29,30)21-12-10-19(11-13-21)32-16-14-23-22(26)9-6-15-25(33(4,27)28)18-7-5-8-20(17-18)31-3/h5,7-8,10-13,17H,6,9,14-16H2,1-4H3,(H,23,26). The average Bonchev–Trinajstić information content (AvgIpc) is 2.79. The number of rotatable bonds is 13. The molecule has 0 heterocycles. The van der Waals surface area contributed by atoms with E-state index in [0.29, 0.717) is 23.6 Å². The number of carbonyl (C=O) groups is 1. The predicted molar refractivity (Wildman–Crippen MR) is 130 cm³/mol. The third kappa shape index (κ3) is 7.89. The van der Waals surface area contributed by atoms with Gasteiger partial charge in [0.15, 0.2) is 0 Å². The first kappa shape index (κ1) is 27.4. The molecule has 188 valence electrons. The van der Waals surface area contributed by atoms with Crippen molar-refractivity contribution in [2.45, 2.75) is 17.7 Å². The van der Waals surface area contributed by atoms with Crippen LogP contribution in [0.3, 0.4) is 0 Å². The molecule has 0 aliphatic carbocycles. The van der Waals surface area contributed by atoms with Crippen molar-refractivity contribution >= 4 is 31.6 Å². The van der Waals surface area contributed by atoms with Gasteiger partial charge < -0.3 is 14.8 Å². The van der Waals surface area contributed by atoms with Crippen molar-refractivity contribution in [2.24, 2.45) is 0 Å². The number of anilines is 1. The van der Waals surface area contributed by atoms with Crippen molar-refractivity contribution in [3.63, 3.8) is 0 Å². The summed E-state index contributed by atoms with van der Waals surface area (Å²) in [6.45, 7) is 0.602. The third-order valence-corrected chi connectivity index (χ3v) is 7.83. The summed E-state index contributed by atoms with van der Waals surface area (Å²) in [7, 11) is -2.61. The van der Waals surface area contributed by atoms with Crippen LogP contribution < -0.4 is 19.1 Å². The van der Waals surface area contributed by atoms with E-state index in [-0.39, 0.29) is 36.9 Å². The molecule has 2 aromatic rings. The average molecular weight is 514 g/mol. The Morgan fingerprint density at radius 3 is 2.26 bits per heavy atom. The summed E-state index contributed by atoms with van der Waals surface area (Å²) < 4.78 is 61.6. The van der Waals surface area contributed by atoms with E-state index in [1.807, 2.05) is 0 Å². The second kappa shape index (κ2) is 12.0. The monoisotopic (exact) mass is 513 g/mol. The maximum Gasteiger partial charge on any atom is 0.242 e. The Hall–Kier alpha value is -2.83. The molecular weight excluding hydrogens is 482 g/mol. The Kier molecular flexibility index (Phi) is 9.71. The SMILES string of the molecule is COc1cccc(N(CCCC(=O)NCCOc2ccc(S(=O)(=O)N(C)C)cc2)S(C)(=O)=O)c1. The molecule has 0 saturated carbocycles. The van der Waals surface area contributed by atoms with Gasteiger partial charge in [-0.15, -0.1) is 0 Å². The molecule has 0 fully saturated rings. The first-order valence-electron chi connectivity index (χ1n) is 10.5. The number of carbonyl (C=O) groups excluding carboxylic acids is 1. The number of hydrogen-bond donors (Lipinski definition) is 1. The number of sulfonamides is 2. The van der Waals surface area contributed by atoms with E-state index < -0.39 is 20.0 Å². The van der Waals surface area contributed by atoms with Gasteiger partial charge in [-0.05, 0) is 42.8 Å². The zero-order chi connectivity index (χ0) is 25.4. The fourth-order valence-corrected chi connectivity index (χ4v) is 4.86. The van der Waals surface area contributed by atoms with E-state index in [1.165, 1.54) is 37.6 Å². The Morgan fingerprint density at radius 1 is 1.00 bits per heavy atom. The van der Waals surface area contributed by atoms with E-state index in [2.05, 4.69) is 5.32 Å². The third-order valence-electron chi connectivity index (χ3n) is 4.80. The van der Waals surface area contributed by atoms with Crippen molar-refractivity contribution in [2.75, 3.05) is 51.5 Å². The molecule has 0 spiro atoms. The Balaban J connectivity index is 1.78. The molecule has 0 aromatic heterocycles. The minimum Gasteiger partial charge on any atom is -0.497 e. The predicted octanol–water partition coefficient (Wildman–Crippen LogP) is 1.69. The largest absolute Gasteiger partial charge is 0.497 e. The molecule has 0 atom stereocenters. The highest BCUT2D eigenvalue weighted by atomic mass is 32.2. The molecule has 0 radical (unpaired) electrons. The van der Waals surface area contributed by atoms with E-state index in [4.69, 9.17) is 9.47 Å². The summed E-state index contributed by atoms with van der Waals surface area (Å²) in [4.78, 5) is 12.3. The lowest BCUT2D eigenvalue weighted by atomic mass is 10.2. The normalized spacial score (nSPS) is 11.8. The van der Waals surface area contributed by atoms with Crippen molar-refractivity contribution in [3.05, 3.63) is 48.5 Å². The summed E-state index contributed by atoms with van der Waals surface area (Å²) in [6.07, 6.45) is 1.60. The molecule has 0 aliphatic heterocycles. The van der Waals surface area contributed by atoms with E-state index in [0.717, 1.165) is 10.6 Å². The van der Waals surface area contributed by atoms with Gasteiger partial charge in [-0.3, -0.25) is 9.10 Å². The maximum absolute atomic E-state index is 12.2. The lowest BCUT2D eigenvalue weighted by Crippen LogP contribution is -2.32. The topological polar surface area (TPSA) is 122 Å². The van der Waals surface area contributed by atoms with Crippen LogP contribution in [0.4, 0.5) is 5.69 Å². The minimum absolute atomic E-state index is 0.146. The Labute approximate surface area is 201 Å². The van der Waals surface area contributed by atoms with Crippen molar-refractivity contribution in [1.29, 1.82) is 0 Å². The van der Waals surface area contributed by atoms with Gasteiger partial charge >= 0.3 is 0 Å². The van der Waals surface area contributed by atoms with Gasteiger partial charge in [0.25, 0.3) is 0 Å². The van der Waals surface area contributed by atoms with Gasteiger partial charge in [-0.2, -0.15) is 0 Å². The number of nitrogens with zero attached hydrogens (tertiary/aromatic N) is 2. The Bertz CT molecular complexity index is 1170. The lowest BCUT2D eigenvalue weighted by Gasteiger charge is -2.22. The molecule has 2 aromatic carbocycles. The van der Waals surface area contributed by atoms with Crippen LogP contribution in [0.15, 0.2) is 53.4 Å². The fraction of sp³-hybridized carbons (Fsp3) is 0.409. The zero-order valence-electron chi connectivity index (χ0n) is 19.7. The van der Waals surface area contributed by atoms with Gasteiger partial charge in [-0.25, -0.2) is 21.1 Å². The summed E-state index contributed by atoms with van der Waals surface area (Å²) >= 11 is 0. The van der Waals surface area contributed by atoms with Crippen LogP contribution in [-0.4, -0.2) is 74.2 Å². The van der Waals surface area contributed by atoms with Gasteiger partial charge in [0, 0.05) is 33.1 Å². The first-order chi connectivity index (χ1) is 15.9. The number of methoxy groups -OCH3 is 1. The number of hydrogen-bond acceptors (Lipinski definition) is 7. The molecule has 12 heteroatoms. The second-order valence-corrected chi connectivity index (χ2v) is 11.7. The summed E-state index contributed by atoms with van der Waals surface area (Å²) in [5, 5.41) is 2.72. The highest BCUT2D eigenvalue weighted by Gasteiger charge is 2.18. The lowest BCUT2D eigenvalue weighted by molar-refractivity contribution is -0.121. The van der Waals surface area contributed by atoms with Crippen LogP contribution >= 0.6 is 0 Å². The summed E-state index contributed by atoms with van der Waals surface area (Å²) in [6, 6.07) is 12.7. The molecular formula is C22H31N3O7S2. The van der Waals surface area contributed by atoms with Crippen LogP contribution in [0, 0.1) is 0 Å². The fourth-order valence-electron chi connectivity index (χ4n) is 3.00. The van der Waals surface area contributed by atoms with Crippen LogP contribution in [0.2, 0.25) is 0 Å². The van der Waals surface area contributed by atoms with E-state index in [1.54, 1.807) is 36.4 Å². The molecule has 10 nitrogen and oxygen atoms in total. The molecule has 1 N–H and O–H groups in total. The zero-order valence-corrected chi connectivity index (χ0v) is 21.4. The van der Waals surface area contributed by atoms with E-state index >= 15 is 0 Å². The smallest absolute Gasteiger partial charge is 0.242 e. The van der Waals surface area contributed by atoms with Gasteiger partial charge in [0.1, 0.15) is 18.1 Å². The van der Waals surface area contributed by atoms with Gasteiger partial charge in [0.2, 0.25) is 26.0 Å². The number of amides is 1. The quantitative estimate of drug-likeness (QED) is 0.405. The van der Waals surface area contributed by atoms with Crippen molar-refractivity contribution in [1.82, 2.24) is 9.62 Å². The first-order valence-corrected chi connectivity index (χ1v) is 13.8. The minimum atomic E-state index is -3.52. The molecule has 0 unspecified atom stereocenters. The van der Waals surface area contributed by atoms with E-state index in [9.17, 15) is 21.6 Å². The molecule has 0 aliphatic rings. The molecule has 0 bridgehead atoms.